The maximum Gasteiger partial charge on any atom is 0.307 e. The maximum atomic E-state index is 12.4. The molecule has 1 aliphatic rings. The van der Waals surface area contributed by atoms with E-state index in [4.69, 9.17) is 4.74 Å². The highest BCUT2D eigenvalue weighted by atomic mass is 16.5. The van der Waals surface area contributed by atoms with Crippen molar-refractivity contribution >= 4 is 17.8 Å². The number of ether oxygens (including phenoxy) is 1. The molecule has 0 aromatic heterocycles. The number of carbonyl (C=O) groups excluding carboxylic acids is 2. The van der Waals surface area contributed by atoms with Crippen LogP contribution in [0.2, 0.25) is 0 Å². The summed E-state index contributed by atoms with van der Waals surface area (Å²) >= 11 is 0. The number of rotatable bonds is 5. The third-order valence-corrected chi connectivity index (χ3v) is 4.63. The number of hydrogen-bond donors (Lipinski definition) is 3. The van der Waals surface area contributed by atoms with Crippen LogP contribution in [0.15, 0.2) is 35.4 Å². The number of benzene rings is 1. The summed E-state index contributed by atoms with van der Waals surface area (Å²) in [5.74, 6) is -2.96. The molecule has 1 aromatic rings. The molecule has 7 heteroatoms. The molecule has 0 spiro atoms. The Kier molecular flexibility index (Phi) is 6.38. The van der Waals surface area contributed by atoms with E-state index >= 15 is 0 Å². The van der Waals surface area contributed by atoms with Crippen LogP contribution >= 0.6 is 0 Å². The van der Waals surface area contributed by atoms with E-state index in [0.29, 0.717) is 30.8 Å². The first-order valence-electron chi connectivity index (χ1n) is 8.54. The molecule has 7 nitrogen and oxygen atoms in total. The topological polar surface area (TPSA) is 105 Å². The van der Waals surface area contributed by atoms with Crippen molar-refractivity contribution in [1.29, 1.82) is 0 Å². The molecule has 0 radical (unpaired) electrons. The van der Waals surface area contributed by atoms with E-state index in [1.54, 1.807) is 24.3 Å². The minimum atomic E-state index is -1.01. The van der Waals surface area contributed by atoms with Crippen molar-refractivity contribution in [1.82, 2.24) is 10.9 Å². The molecule has 3 N–H and O–H groups in total. The fourth-order valence-corrected chi connectivity index (χ4v) is 3.00. The number of carboxylic acid groups (broad SMARTS) is 1. The Hall–Kier alpha value is -2.83. The molecule has 0 saturated heterocycles. The first-order chi connectivity index (χ1) is 12.3. The Bertz CT molecular complexity index is 741. The van der Waals surface area contributed by atoms with Gasteiger partial charge in [0.25, 0.3) is 5.91 Å². The molecule has 1 aromatic carbocycles. The second-order valence-electron chi connectivity index (χ2n) is 6.42. The second-order valence-corrected chi connectivity index (χ2v) is 6.42. The zero-order valence-electron chi connectivity index (χ0n) is 15.2. The summed E-state index contributed by atoms with van der Waals surface area (Å²) in [6, 6.07) is 6.58. The lowest BCUT2D eigenvalue weighted by Crippen LogP contribution is -2.48. The van der Waals surface area contributed by atoms with E-state index in [9.17, 15) is 19.5 Å². The van der Waals surface area contributed by atoms with Crippen LogP contribution in [0.3, 0.4) is 0 Å². The molecular weight excluding hydrogens is 336 g/mol. The summed E-state index contributed by atoms with van der Waals surface area (Å²) < 4.78 is 5.34. The third-order valence-electron chi connectivity index (χ3n) is 4.63. The fraction of sp³-hybridized carbons (Fsp3) is 0.421. The molecule has 0 heterocycles. The Morgan fingerprint density at radius 1 is 1.12 bits per heavy atom. The van der Waals surface area contributed by atoms with E-state index in [1.165, 1.54) is 0 Å². The monoisotopic (exact) mass is 360 g/mol. The van der Waals surface area contributed by atoms with E-state index < -0.39 is 29.6 Å². The normalized spacial score (nSPS) is 19.7. The van der Waals surface area contributed by atoms with Gasteiger partial charge in [-0.1, -0.05) is 17.2 Å². The molecule has 26 heavy (non-hydrogen) atoms. The van der Waals surface area contributed by atoms with Crippen molar-refractivity contribution in [3.8, 4) is 5.75 Å². The molecule has 0 bridgehead atoms. The van der Waals surface area contributed by atoms with Crippen molar-refractivity contribution < 1.29 is 24.2 Å². The lowest BCUT2D eigenvalue weighted by molar-refractivity contribution is -0.147. The van der Waals surface area contributed by atoms with Gasteiger partial charge in [-0.25, -0.2) is 0 Å². The lowest BCUT2D eigenvalue weighted by Gasteiger charge is -2.29. The molecule has 2 amide bonds. The minimum Gasteiger partial charge on any atom is -0.494 e. The van der Waals surface area contributed by atoms with Crippen LogP contribution in [0.4, 0.5) is 0 Å². The van der Waals surface area contributed by atoms with Gasteiger partial charge in [0.1, 0.15) is 5.75 Å². The predicted molar refractivity (Wildman–Crippen MR) is 95.4 cm³/mol. The zero-order chi connectivity index (χ0) is 19.3. The SMILES string of the molecule is CCOc1cccc(C(=O)NNC(=O)[C@@H]2CC(C)=C(C)C[C@H]2C(=O)O)c1. The number of nitrogens with one attached hydrogen (secondary N) is 2. The molecule has 2 atom stereocenters. The number of hydrazine groups is 1. The summed E-state index contributed by atoms with van der Waals surface area (Å²) in [5, 5.41) is 9.39. The van der Waals surface area contributed by atoms with Gasteiger partial charge in [0.15, 0.2) is 0 Å². The van der Waals surface area contributed by atoms with E-state index in [1.807, 2.05) is 20.8 Å². The highest BCUT2D eigenvalue weighted by Crippen LogP contribution is 2.34. The standard InChI is InChI=1S/C19H24N2O5/c1-4-26-14-7-5-6-13(10-14)17(22)20-21-18(23)15-8-11(2)12(3)9-16(15)19(24)25/h5-7,10,15-16H,4,8-9H2,1-3H3,(H,20,22)(H,21,23)(H,24,25)/t15-,16-/m1/s1. The number of hydrogen-bond acceptors (Lipinski definition) is 4. The number of amides is 2. The lowest BCUT2D eigenvalue weighted by atomic mass is 9.76. The van der Waals surface area contributed by atoms with Gasteiger partial charge in [0.2, 0.25) is 5.91 Å². The molecule has 0 saturated carbocycles. The van der Waals surface area contributed by atoms with Gasteiger partial charge in [0, 0.05) is 5.56 Å². The smallest absolute Gasteiger partial charge is 0.307 e. The summed E-state index contributed by atoms with van der Waals surface area (Å²) in [4.78, 5) is 36.1. The van der Waals surface area contributed by atoms with Crippen LogP contribution in [-0.4, -0.2) is 29.5 Å². The van der Waals surface area contributed by atoms with Crippen molar-refractivity contribution in [2.24, 2.45) is 11.8 Å². The van der Waals surface area contributed by atoms with Gasteiger partial charge in [-0.15, -0.1) is 0 Å². The average Bonchev–Trinajstić information content (AvgIpc) is 2.61. The van der Waals surface area contributed by atoms with Crippen LogP contribution in [-0.2, 0) is 9.59 Å². The highest BCUT2D eigenvalue weighted by Gasteiger charge is 2.37. The zero-order valence-corrected chi connectivity index (χ0v) is 15.2. The number of carboxylic acids is 1. The molecule has 0 unspecified atom stereocenters. The van der Waals surface area contributed by atoms with E-state index in [2.05, 4.69) is 10.9 Å². The van der Waals surface area contributed by atoms with Crippen molar-refractivity contribution in [3.05, 3.63) is 41.0 Å². The second kappa shape index (κ2) is 8.51. The quantitative estimate of drug-likeness (QED) is 0.552. The molecule has 0 fully saturated rings. The summed E-state index contributed by atoms with van der Waals surface area (Å²) in [7, 11) is 0. The molecule has 0 aliphatic heterocycles. The first kappa shape index (κ1) is 19.5. The highest BCUT2D eigenvalue weighted by molar-refractivity contribution is 5.96. The summed E-state index contributed by atoms with van der Waals surface area (Å²) in [5.41, 5.74) is 7.05. The predicted octanol–water partition coefficient (Wildman–Crippen LogP) is 2.29. The number of aliphatic carboxylic acids is 1. The molecule has 2 rings (SSSR count). The van der Waals surface area contributed by atoms with Crippen LogP contribution in [0.25, 0.3) is 0 Å². The van der Waals surface area contributed by atoms with Gasteiger partial charge in [-0.3, -0.25) is 25.2 Å². The number of carbonyl (C=O) groups is 3. The van der Waals surface area contributed by atoms with Crippen LogP contribution in [0.1, 0.15) is 44.0 Å². The van der Waals surface area contributed by atoms with Crippen LogP contribution < -0.4 is 15.6 Å². The Morgan fingerprint density at radius 3 is 2.38 bits per heavy atom. The van der Waals surface area contributed by atoms with Gasteiger partial charge in [0.05, 0.1) is 18.4 Å². The molecule has 140 valence electrons. The van der Waals surface area contributed by atoms with Crippen molar-refractivity contribution in [3.63, 3.8) is 0 Å². The fourth-order valence-electron chi connectivity index (χ4n) is 3.00. The Morgan fingerprint density at radius 2 is 1.77 bits per heavy atom. The van der Waals surface area contributed by atoms with E-state index in [0.717, 1.165) is 11.1 Å². The Labute approximate surface area is 152 Å². The minimum absolute atomic E-state index is 0.335. The first-order valence-corrected chi connectivity index (χ1v) is 8.54. The Balaban J connectivity index is 2.02. The van der Waals surface area contributed by atoms with Crippen LogP contribution in [0.5, 0.6) is 5.75 Å². The van der Waals surface area contributed by atoms with Crippen molar-refractivity contribution in [2.75, 3.05) is 6.61 Å². The van der Waals surface area contributed by atoms with Crippen LogP contribution in [0, 0.1) is 11.8 Å². The molecular formula is C19H24N2O5. The van der Waals surface area contributed by atoms with Gasteiger partial charge in [-0.05, 0) is 51.8 Å². The average molecular weight is 360 g/mol. The summed E-state index contributed by atoms with van der Waals surface area (Å²) in [6.07, 6.45) is 0.702. The summed E-state index contributed by atoms with van der Waals surface area (Å²) in [6.45, 7) is 6.10. The third kappa shape index (κ3) is 4.62. The van der Waals surface area contributed by atoms with E-state index in [-0.39, 0.29) is 0 Å². The van der Waals surface area contributed by atoms with Gasteiger partial charge in [-0.2, -0.15) is 0 Å². The van der Waals surface area contributed by atoms with Gasteiger partial charge < -0.3 is 9.84 Å². The largest absolute Gasteiger partial charge is 0.494 e. The number of allylic oxidation sites excluding steroid dienone is 2. The van der Waals surface area contributed by atoms with Gasteiger partial charge >= 0.3 is 5.97 Å². The molecule has 1 aliphatic carbocycles. The van der Waals surface area contributed by atoms with Crippen molar-refractivity contribution in [2.45, 2.75) is 33.6 Å². The maximum absolute atomic E-state index is 12.4.